The van der Waals surface area contributed by atoms with Gasteiger partial charge in [0, 0.05) is 44.0 Å². The Morgan fingerprint density at radius 1 is 1.04 bits per heavy atom. The largest absolute Gasteiger partial charge is 0.623 e. The van der Waals surface area contributed by atoms with Crippen molar-refractivity contribution in [1.82, 2.24) is 5.32 Å². The minimum Gasteiger partial charge on any atom is -0.623 e. The SMILES string of the molecule is CCNC(=O)Oc1c(C(C)(C)C)cc(C=[N+]([O-])C(C)(C)C)cc1C(C)(C)C. The van der Waals surface area contributed by atoms with Crippen molar-refractivity contribution in [2.24, 2.45) is 0 Å². The van der Waals surface area contributed by atoms with Crippen LogP contribution in [-0.2, 0) is 10.8 Å². The van der Waals surface area contributed by atoms with E-state index in [0.29, 0.717) is 12.3 Å². The Morgan fingerprint density at radius 2 is 1.48 bits per heavy atom. The van der Waals surface area contributed by atoms with Gasteiger partial charge in [-0.2, -0.15) is 0 Å². The second-order valence-corrected chi connectivity index (χ2v) is 9.99. The summed E-state index contributed by atoms with van der Waals surface area (Å²) >= 11 is 0. The number of hydrogen-bond donors (Lipinski definition) is 1. The van der Waals surface area contributed by atoms with Crippen molar-refractivity contribution in [2.75, 3.05) is 6.54 Å². The maximum Gasteiger partial charge on any atom is 0.412 e. The Morgan fingerprint density at radius 3 is 1.81 bits per heavy atom. The maximum absolute atomic E-state index is 12.5. The highest BCUT2D eigenvalue weighted by Crippen LogP contribution is 2.40. The van der Waals surface area contributed by atoms with Crippen molar-refractivity contribution in [3.63, 3.8) is 0 Å². The number of amides is 1. The van der Waals surface area contributed by atoms with E-state index in [2.05, 4.69) is 46.9 Å². The molecule has 5 heteroatoms. The topological polar surface area (TPSA) is 64.4 Å². The molecule has 0 aliphatic carbocycles. The maximum atomic E-state index is 12.5. The monoisotopic (exact) mass is 376 g/mol. The fourth-order valence-corrected chi connectivity index (χ4v) is 2.55. The van der Waals surface area contributed by atoms with Crippen LogP contribution in [0.3, 0.4) is 0 Å². The van der Waals surface area contributed by atoms with E-state index in [4.69, 9.17) is 4.74 Å². The van der Waals surface area contributed by atoms with Gasteiger partial charge in [-0.05, 0) is 29.9 Å². The number of carbonyl (C=O) groups excluding carboxylic acids is 1. The lowest BCUT2D eigenvalue weighted by molar-refractivity contribution is -0.530. The van der Waals surface area contributed by atoms with Crippen LogP contribution in [0.5, 0.6) is 5.75 Å². The van der Waals surface area contributed by atoms with Crippen LogP contribution in [0.1, 0.15) is 85.9 Å². The van der Waals surface area contributed by atoms with E-state index in [1.54, 1.807) is 6.21 Å². The van der Waals surface area contributed by atoms with Crippen LogP contribution >= 0.6 is 0 Å². The summed E-state index contributed by atoms with van der Waals surface area (Å²) in [4.78, 5) is 12.2. The van der Waals surface area contributed by atoms with Crippen molar-refractivity contribution in [3.05, 3.63) is 34.0 Å². The lowest BCUT2D eigenvalue weighted by Crippen LogP contribution is -2.30. The molecule has 1 rings (SSSR count). The zero-order valence-electron chi connectivity index (χ0n) is 18.6. The van der Waals surface area contributed by atoms with Crippen molar-refractivity contribution < 1.29 is 14.3 Å². The van der Waals surface area contributed by atoms with E-state index >= 15 is 0 Å². The number of rotatable bonds is 3. The molecule has 0 aliphatic heterocycles. The number of carbonyl (C=O) groups is 1. The second-order valence-electron chi connectivity index (χ2n) is 9.99. The average Bonchev–Trinajstić information content (AvgIpc) is 2.45. The number of nitrogens with one attached hydrogen (secondary N) is 1. The third-order valence-corrected chi connectivity index (χ3v) is 4.17. The first-order chi connectivity index (χ1) is 12.1. The van der Waals surface area contributed by atoms with Gasteiger partial charge in [0.15, 0.2) is 11.8 Å². The average molecular weight is 377 g/mol. The predicted molar refractivity (Wildman–Crippen MR) is 112 cm³/mol. The second kappa shape index (κ2) is 7.91. The van der Waals surface area contributed by atoms with E-state index in [-0.39, 0.29) is 10.8 Å². The molecule has 0 spiro atoms. The summed E-state index contributed by atoms with van der Waals surface area (Å²) < 4.78 is 6.71. The smallest absolute Gasteiger partial charge is 0.412 e. The van der Waals surface area contributed by atoms with Crippen LogP contribution in [-0.4, -0.2) is 29.1 Å². The molecule has 0 radical (unpaired) electrons. The van der Waals surface area contributed by atoms with Gasteiger partial charge in [-0.25, -0.2) is 9.53 Å². The standard InChI is InChI=1S/C22H36N2O3/c1-11-23-19(25)27-18-16(20(2,3)4)12-15(13-17(18)21(5,6)7)14-24(26)22(8,9)10/h12-14H,11H2,1-10H3,(H,23,25). The number of hydrogen-bond acceptors (Lipinski definition) is 3. The van der Waals surface area contributed by atoms with Gasteiger partial charge >= 0.3 is 6.09 Å². The van der Waals surface area contributed by atoms with E-state index < -0.39 is 11.6 Å². The molecular formula is C22H36N2O3. The van der Waals surface area contributed by atoms with Crippen molar-refractivity contribution >= 4 is 12.3 Å². The van der Waals surface area contributed by atoms with Crippen molar-refractivity contribution in [2.45, 2.75) is 85.6 Å². The summed E-state index contributed by atoms with van der Waals surface area (Å²) in [6.07, 6.45) is 1.14. The Hall–Kier alpha value is -2.04. The van der Waals surface area contributed by atoms with Gasteiger partial charge in [0.1, 0.15) is 5.75 Å². The number of nitrogens with zero attached hydrogens (tertiary/aromatic N) is 1. The fraction of sp³-hybridized carbons (Fsp3) is 0.636. The molecule has 0 atom stereocenters. The van der Waals surface area contributed by atoms with Crippen LogP contribution in [0, 0.1) is 5.21 Å². The third kappa shape index (κ3) is 6.26. The minimum absolute atomic E-state index is 0.263. The molecule has 5 nitrogen and oxygen atoms in total. The van der Waals surface area contributed by atoms with Gasteiger partial charge < -0.3 is 15.3 Å². The summed E-state index contributed by atoms with van der Waals surface area (Å²) in [5.41, 5.74) is 1.55. The molecule has 0 fully saturated rings. The van der Waals surface area contributed by atoms with Crippen LogP contribution in [0.15, 0.2) is 12.1 Å². The molecule has 152 valence electrons. The Kier molecular flexibility index (Phi) is 6.74. The summed E-state index contributed by atoms with van der Waals surface area (Å²) in [6, 6.07) is 3.89. The molecule has 0 saturated carbocycles. The van der Waals surface area contributed by atoms with Crippen LogP contribution < -0.4 is 10.1 Å². The quantitative estimate of drug-likeness (QED) is 0.345. The number of benzene rings is 1. The Bertz CT molecular complexity index is 680. The predicted octanol–water partition coefficient (Wildman–Crippen LogP) is 5.12. The zero-order valence-corrected chi connectivity index (χ0v) is 18.6. The molecule has 0 aliphatic rings. The molecule has 0 unspecified atom stereocenters. The summed E-state index contributed by atoms with van der Waals surface area (Å²) in [5.74, 6) is 0.575. The van der Waals surface area contributed by atoms with Gasteiger partial charge in [0.2, 0.25) is 0 Å². The highest BCUT2D eigenvalue weighted by atomic mass is 16.6. The van der Waals surface area contributed by atoms with E-state index in [1.807, 2.05) is 39.8 Å². The molecule has 0 aromatic heterocycles. The molecule has 1 N–H and O–H groups in total. The third-order valence-electron chi connectivity index (χ3n) is 4.17. The Labute approximate surface area is 164 Å². The highest BCUT2D eigenvalue weighted by molar-refractivity contribution is 5.79. The molecular weight excluding hydrogens is 340 g/mol. The molecule has 1 aromatic carbocycles. The van der Waals surface area contributed by atoms with Gasteiger partial charge in [-0.3, -0.25) is 0 Å². The van der Waals surface area contributed by atoms with E-state index in [1.165, 1.54) is 0 Å². The van der Waals surface area contributed by atoms with Crippen LogP contribution in [0.25, 0.3) is 0 Å². The first-order valence-corrected chi connectivity index (χ1v) is 9.53. The zero-order chi connectivity index (χ0) is 21.2. The highest BCUT2D eigenvalue weighted by Gasteiger charge is 2.30. The molecule has 0 bridgehead atoms. The molecule has 27 heavy (non-hydrogen) atoms. The lowest BCUT2D eigenvalue weighted by Gasteiger charge is -2.29. The summed E-state index contributed by atoms with van der Waals surface area (Å²) in [7, 11) is 0. The molecule has 1 aromatic rings. The lowest BCUT2D eigenvalue weighted by atomic mass is 9.78. The minimum atomic E-state index is -0.528. The first-order valence-electron chi connectivity index (χ1n) is 9.53. The summed E-state index contributed by atoms with van der Waals surface area (Å²) in [6.45, 7) is 20.4. The molecule has 0 heterocycles. The van der Waals surface area contributed by atoms with Crippen LogP contribution in [0.4, 0.5) is 4.79 Å². The van der Waals surface area contributed by atoms with Gasteiger partial charge in [0.25, 0.3) is 0 Å². The normalized spacial score (nSPS) is 13.5. The van der Waals surface area contributed by atoms with Gasteiger partial charge in [-0.1, -0.05) is 41.5 Å². The van der Waals surface area contributed by atoms with E-state index in [0.717, 1.165) is 21.4 Å². The van der Waals surface area contributed by atoms with Gasteiger partial charge in [0.05, 0.1) is 0 Å². The first kappa shape index (κ1) is 23.0. The Balaban J connectivity index is 3.74. The fourth-order valence-electron chi connectivity index (χ4n) is 2.55. The van der Waals surface area contributed by atoms with Crippen LogP contribution in [0.2, 0.25) is 0 Å². The van der Waals surface area contributed by atoms with Crippen molar-refractivity contribution in [1.29, 1.82) is 0 Å². The number of hydroxylamine groups is 1. The van der Waals surface area contributed by atoms with Gasteiger partial charge in [-0.15, -0.1) is 0 Å². The van der Waals surface area contributed by atoms with Crippen molar-refractivity contribution in [3.8, 4) is 5.75 Å². The number of ether oxygens (including phenoxy) is 1. The molecule has 1 amide bonds. The summed E-state index contributed by atoms with van der Waals surface area (Å²) in [5, 5.41) is 15.2. The van der Waals surface area contributed by atoms with E-state index in [9.17, 15) is 10.0 Å². The molecule has 0 saturated heterocycles.